The third-order valence-corrected chi connectivity index (χ3v) is 9.77. The van der Waals surface area contributed by atoms with E-state index in [1.807, 2.05) is 11.8 Å². The van der Waals surface area contributed by atoms with Crippen LogP contribution in [-0.2, 0) is 9.53 Å². The van der Waals surface area contributed by atoms with Gasteiger partial charge in [0.1, 0.15) is 11.9 Å². The molecule has 0 bridgehead atoms. The third kappa shape index (κ3) is 7.48. The van der Waals surface area contributed by atoms with E-state index in [0.29, 0.717) is 60.6 Å². The van der Waals surface area contributed by atoms with Crippen LogP contribution < -0.4 is 20.7 Å². The molecule has 2 unspecified atom stereocenters. The summed E-state index contributed by atoms with van der Waals surface area (Å²) in [5.41, 5.74) is 7.75. The minimum atomic E-state index is -4.88. The Morgan fingerprint density at radius 1 is 1.08 bits per heavy atom. The Bertz CT molecular complexity index is 1910. The van der Waals surface area contributed by atoms with Gasteiger partial charge in [-0.05, 0) is 80.3 Å². The predicted molar refractivity (Wildman–Crippen MR) is 183 cm³/mol. The van der Waals surface area contributed by atoms with E-state index in [2.05, 4.69) is 20.4 Å². The van der Waals surface area contributed by atoms with E-state index in [9.17, 15) is 27.9 Å². The average Bonchev–Trinajstić information content (AvgIpc) is 3.70. The van der Waals surface area contributed by atoms with Gasteiger partial charge in [0.15, 0.2) is 0 Å². The summed E-state index contributed by atoms with van der Waals surface area (Å²) in [7, 11) is 0. The second-order valence-electron chi connectivity index (χ2n) is 13.0. The molecule has 4 aromatic rings. The first-order valence-corrected chi connectivity index (χ1v) is 16.9. The van der Waals surface area contributed by atoms with Gasteiger partial charge in [-0.1, -0.05) is 31.2 Å². The third-order valence-electron chi connectivity index (χ3n) is 9.77. The Morgan fingerprint density at radius 2 is 1.82 bits per heavy atom. The zero-order chi connectivity index (χ0) is 36.5. The molecule has 51 heavy (non-hydrogen) atoms. The zero-order valence-electron chi connectivity index (χ0n) is 28.5. The van der Waals surface area contributed by atoms with Crippen molar-refractivity contribution in [3.05, 3.63) is 77.6 Å². The maximum Gasteiger partial charge on any atom is 0.429 e. The minimum Gasteiger partial charge on any atom is -0.480 e. The molecule has 12 nitrogen and oxygen atoms in total. The molecule has 4 heterocycles. The Labute approximate surface area is 292 Å². The number of hydrogen-bond donors (Lipinski definition) is 3. The number of nitrogens with two attached hydrogens (primary N) is 1. The number of alkyl halides is 3. The highest BCUT2D eigenvalue weighted by Gasteiger charge is 2.50. The number of hydrogen-bond acceptors (Lipinski definition) is 10. The number of benzene rings is 2. The Balaban J connectivity index is 1.31. The number of nitrogens with one attached hydrogen (secondary N) is 1. The summed E-state index contributed by atoms with van der Waals surface area (Å²) in [6.45, 7) is 6.66. The molecule has 3 atom stereocenters. The van der Waals surface area contributed by atoms with Crippen molar-refractivity contribution in [2.45, 2.75) is 70.8 Å². The smallest absolute Gasteiger partial charge is 0.429 e. The minimum absolute atomic E-state index is 0.0447. The number of aryl methyl sites for hydroxylation is 1. The lowest BCUT2D eigenvalue weighted by Crippen LogP contribution is -2.46. The van der Waals surface area contributed by atoms with Crippen LogP contribution in [0.1, 0.15) is 67.3 Å². The highest BCUT2D eigenvalue weighted by molar-refractivity contribution is 5.91. The topological polar surface area (TPSA) is 158 Å². The van der Waals surface area contributed by atoms with Crippen molar-refractivity contribution in [2.24, 2.45) is 5.41 Å². The number of aliphatic carboxylic acids is 1. The Hall–Kier alpha value is -5.18. The number of rotatable bonds is 10. The molecule has 270 valence electrons. The van der Waals surface area contributed by atoms with Gasteiger partial charge in [0, 0.05) is 37.0 Å². The van der Waals surface area contributed by atoms with Gasteiger partial charge < -0.3 is 30.5 Å². The number of carboxylic acid groups (broad SMARTS) is 1. The van der Waals surface area contributed by atoms with E-state index in [4.69, 9.17) is 15.2 Å². The van der Waals surface area contributed by atoms with Crippen LogP contribution in [0.15, 0.2) is 60.8 Å². The molecule has 2 aliphatic rings. The summed E-state index contributed by atoms with van der Waals surface area (Å²) in [5.74, 6) is -1.66. The maximum atomic E-state index is 15.0. The lowest BCUT2D eigenvalue weighted by Gasteiger charge is -2.43. The van der Waals surface area contributed by atoms with Crippen molar-refractivity contribution in [1.82, 2.24) is 25.1 Å². The summed E-state index contributed by atoms with van der Waals surface area (Å²) in [4.78, 5) is 34.4. The summed E-state index contributed by atoms with van der Waals surface area (Å²) in [5, 5.41) is 17.3. The number of esters is 1. The van der Waals surface area contributed by atoms with Crippen molar-refractivity contribution in [3.8, 4) is 22.7 Å². The number of halogens is 3. The maximum absolute atomic E-state index is 15.0. The summed E-state index contributed by atoms with van der Waals surface area (Å²) < 4.78 is 57.1. The van der Waals surface area contributed by atoms with E-state index >= 15 is 0 Å². The van der Waals surface area contributed by atoms with Crippen LogP contribution in [0, 0.1) is 12.3 Å². The summed E-state index contributed by atoms with van der Waals surface area (Å²) in [6.07, 6.45) is -3.15. The number of anilines is 2. The van der Waals surface area contributed by atoms with Gasteiger partial charge in [-0.2, -0.15) is 28.2 Å². The van der Waals surface area contributed by atoms with E-state index in [-0.39, 0.29) is 41.1 Å². The molecule has 1 spiro atoms. The average molecular weight is 708 g/mol. The molecule has 2 aliphatic heterocycles. The van der Waals surface area contributed by atoms with Gasteiger partial charge in [-0.15, -0.1) is 0 Å². The standard InChI is InChI=1S/C36H40F3N7O5/c1-4-28-35(20-26(41-28)32(47)48)12-15-45(16-13-35)29-19-30(43-34(40)42-29)51-31(36(37,38)39)25-10-9-23(18-27(25)46-14-11-21(3)44-46)22-7-6-8-24(17-22)33(49)50-5-2/h6-11,14,17-19,26,28,31,41H,4-5,12-13,15-16,20H2,1-3H3,(H,47,48)(H2,40,42,43)/t26?,28?,31-/m1/s1. The fraction of sp³-hybridized carbons (Fsp3) is 0.417. The number of nitrogens with zero attached hydrogens (tertiary/aromatic N) is 5. The number of aromatic nitrogens is 4. The van der Waals surface area contributed by atoms with Crippen molar-refractivity contribution >= 4 is 23.7 Å². The van der Waals surface area contributed by atoms with Crippen LogP contribution in [-0.4, -0.2) is 74.7 Å². The molecule has 2 aromatic heterocycles. The summed E-state index contributed by atoms with van der Waals surface area (Å²) >= 11 is 0. The van der Waals surface area contributed by atoms with Crippen LogP contribution in [0.2, 0.25) is 0 Å². The van der Waals surface area contributed by atoms with Gasteiger partial charge in [-0.25, -0.2) is 9.48 Å². The highest BCUT2D eigenvalue weighted by atomic mass is 19.4. The number of nitrogen functional groups attached to an aromatic ring is 1. The van der Waals surface area contributed by atoms with Gasteiger partial charge in [0.2, 0.25) is 17.9 Å². The van der Waals surface area contributed by atoms with Crippen LogP contribution in [0.3, 0.4) is 0 Å². The van der Waals surface area contributed by atoms with Crippen LogP contribution >= 0.6 is 0 Å². The quantitative estimate of drug-likeness (QED) is 0.169. The SMILES string of the molecule is CCOC(=O)c1cccc(-c2ccc([C@@H](Oc3cc(N4CCC5(CC4)CC(C(=O)O)NC5CC)nc(N)n3)C(F)(F)F)c(-n3ccc(C)n3)c2)c1. The van der Waals surface area contributed by atoms with Gasteiger partial charge >= 0.3 is 18.1 Å². The van der Waals surface area contributed by atoms with Crippen LogP contribution in [0.25, 0.3) is 16.8 Å². The molecule has 0 radical (unpaired) electrons. The molecule has 2 saturated heterocycles. The molecule has 2 aromatic carbocycles. The van der Waals surface area contributed by atoms with Gasteiger partial charge in [-0.3, -0.25) is 4.79 Å². The van der Waals surface area contributed by atoms with Gasteiger partial charge in [0.25, 0.3) is 0 Å². The van der Waals surface area contributed by atoms with Crippen LogP contribution in [0.5, 0.6) is 5.88 Å². The normalized spacial score (nSPS) is 19.2. The second-order valence-corrected chi connectivity index (χ2v) is 13.0. The monoisotopic (exact) mass is 707 g/mol. The fourth-order valence-corrected chi connectivity index (χ4v) is 7.28. The first kappa shape index (κ1) is 35.6. The molecule has 15 heteroatoms. The first-order chi connectivity index (χ1) is 24.3. The lowest BCUT2D eigenvalue weighted by atomic mass is 9.71. The molecule has 0 aliphatic carbocycles. The molecule has 2 fully saturated rings. The van der Waals surface area contributed by atoms with Crippen molar-refractivity contribution in [3.63, 3.8) is 0 Å². The largest absolute Gasteiger partial charge is 0.480 e. The lowest BCUT2D eigenvalue weighted by molar-refractivity contribution is -0.198. The number of piperidine rings is 1. The molecular weight excluding hydrogens is 667 g/mol. The summed E-state index contributed by atoms with van der Waals surface area (Å²) in [6, 6.07) is 13.5. The zero-order valence-corrected chi connectivity index (χ0v) is 28.5. The molecular formula is C36H40F3N7O5. The number of carbonyl (C=O) groups is 2. The highest BCUT2D eigenvalue weighted by Crippen LogP contribution is 2.46. The predicted octanol–water partition coefficient (Wildman–Crippen LogP) is 5.89. The Morgan fingerprint density at radius 3 is 2.47 bits per heavy atom. The molecule has 4 N–H and O–H groups in total. The number of carboxylic acids is 1. The molecule has 0 amide bonds. The first-order valence-electron chi connectivity index (χ1n) is 16.9. The number of ether oxygens (including phenoxy) is 2. The Kier molecular flexibility index (Phi) is 9.93. The molecule has 0 saturated carbocycles. The van der Waals surface area contributed by atoms with E-state index in [0.717, 1.165) is 6.42 Å². The number of carbonyl (C=O) groups excluding carboxylic acids is 1. The van der Waals surface area contributed by atoms with Crippen molar-refractivity contribution in [2.75, 3.05) is 30.3 Å². The fourth-order valence-electron chi connectivity index (χ4n) is 7.28. The van der Waals surface area contributed by atoms with Gasteiger partial charge in [0.05, 0.1) is 23.6 Å². The molecule has 6 rings (SSSR count). The van der Waals surface area contributed by atoms with E-state index in [1.54, 1.807) is 56.4 Å². The van der Waals surface area contributed by atoms with Crippen molar-refractivity contribution < 1.29 is 37.3 Å². The van der Waals surface area contributed by atoms with E-state index in [1.165, 1.54) is 22.9 Å². The second kappa shape index (κ2) is 14.2. The van der Waals surface area contributed by atoms with Crippen molar-refractivity contribution in [1.29, 1.82) is 0 Å². The van der Waals surface area contributed by atoms with E-state index < -0.39 is 30.3 Å². The van der Waals surface area contributed by atoms with Crippen LogP contribution in [0.4, 0.5) is 24.9 Å².